The molecule has 8 heteroatoms. The number of rotatable bonds is 0. The first-order chi connectivity index (χ1) is 6.39. The molecule has 0 unspecified atom stereocenters. The van der Waals surface area contributed by atoms with Crippen molar-refractivity contribution >= 4 is 46.1 Å². The number of hydrogen-bond donors (Lipinski definition) is 4. The van der Waals surface area contributed by atoms with Crippen LogP contribution in [0.4, 0.5) is 0 Å². The lowest BCUT2D eigenvalue weighted by atomic mass is 10.3. The van der Waals surface area contributed by atoms with Gasteiger partial charge in [-0.2, -0.15) is 21.0 Å². The van der Waals surface area contributed by atoms with E-state index in [9.17, 15) is 0 Å². The van der Waals surface area contributed by atoms with E-state index < -0.39 is 10.4 Å². The van der Waals surface area contributed by atoms with Crippen molar-refractivity contribution in [2.45, 2.75) is 0 Å². The number of benzene rings is 1. The van der Waals surface area contributed by atoms with Gasteiger partial charge in [-0.15, -0.1) is 0 Å². The maximum atomic E-state index is 8.74. The summed E-state index contributed by atoms with van der Waals surface area (Å²) < 4.78 is 31.6. The molecular weight excluding hydrogens is 253 g/mol. The summed E-state index contributed by atoms with van der Waals surface area (Å²) in [5.74, 6) is 0.322. The monoisotopic (exact) mass is 266 g/mol. The Morgan fingerprint density at radius 1 is 1.07 bits per heavy atom. The Balaban J connectivity index is -0.000000162. The van der Waals surface area contributed by atoms with Gasteiger partial charge in [-0.05, 0) is 18.4 Å². The number of aromatic hydroxyl groups is 1. The molecule has 1 aromatic rings. The Morgan fingerprint density at radius 2 is 1.33 bits per heavy atom. The van der Waals surface area contributed by atoms with Crippen LogP contribution >= 0.6 is 12.6 Å². The zero-order valence-electron chi connectivity index (χ0n) is 7.40. The molecule has 0 saturated heterocycles. The Morgan fingerprint density at radius 3 is 1.47 bits per heavy atom. The molecule has 0 spiro atoms. The number of hydrogen-bond acceptors (Lipinski definition) is 4. The second-order valence-corrected chi connectivity index (χ2v) is 2.68. The molecule has 0 radical (unpaired) electrons. The molecule has 0 saturated carbocycles. The molecule has 0 aromatic heterocycles. The largest absolute Gasteiger partial charge is 0.508 e. The first kappa shape index (κ1) is 20.4. The van der Waals surface area contributed by atoms with Crippen LogP contribution in [-0.4, -0.2) is 51.9 Å². The number of thiol groups is 1. The van der Waals surface area contributed by atoms with E-state index in [0.29, 0.717) is 5.75 Å². The van der Waals surface area contributed by atoms with Crippen molar-refractivity contribution in [1.29, 1.82) is 0 Å². The van der Waals surface area contributed by atoms with Crippen LogP contribution in [-0.2, 0) is 10.4 Å². The smallest absolute Gasteiger partial charge is 0.394 e. The highest BCUT2D eigenvalue weighted by molar-refractivity contribution is 7.80. The topological polar surface area (TPSA) is 94.8 Å². The molecule has 0 fully saturated rings. The fourth-order valence-corrected chi connectivity index (χ4v) is 0.428. The van der Waals surface area contributed by atoms with Crippen molar-refractivity contribution in [3.63, 3.8) is 0 Å². The van der Waals surface area contributed by atoms with E-state index in [-0.39, 0.29) is 23.1 Å². The number of para-hydroxylation sites is 1. The average molecular weight is 267 g/mol. The third-order valence-corrected chi connectivity index (χ3v) is 0.756. The van der Waals surface area contributed by atoms with Crippen molar-refractivity contribution in [3.05, 3.63) is 30.3 Å². The molecule has 86 valence electrons. The quantitative estimate of drug-likeness (QED) is 0.309. The van der Waals surface area contributed by atoms with Crippen molar-refractivity contribution in [2.24, 2.45) is 0 Å². The minimum Gasteiger partial charge on any atom is -0.508 e. The number of phenolic OH excluding ortho intramolecular Hbond substituents is 1. The molecule has 0 heterocycles. The molecule has 0 bridgehead atoms. The highest BCUT2D eigenvalue weighted by Gasteiger charge is 1.84. The average Bonchev–Trinajstić information content (AvgIpc) is 2.06. The summed E-state index contributed by atoms with van der Waals surface area (Å²) in [6, 6.07) is 8.71. The Kier molecular flexibility index (Phi) is 16.4. The van der Waals surface area contributed by atoms with Gasteiger partial charge in [0.1, 0.15) is 5.75 Å². The van der Waals surface area contributed by atoms with Crippen LogP contribution in [0.2, 0.25) is 0 Å². The fraction of sp³-hybridized carbons (Fsp3) is 0.143. The maximum absolute atomic E-state index is 8.74. The van der Waals surface area contributed by atoms with Gasteiger partial charge in [0.25, 0.3) is 0 Å². The Labute approximate surface area is 111 Å². The van der Waals surface area contributed by atoms with Crippen LogP contribution in [0, 0.1) is 0 Å². The van der Waals surface area contributed by atoms with E-state index >= 15 is 0 Å². The van der Waals surface area contributed by atoms with Gasteiger partial charge >= 0.3 is 33.5 Å². The van der Waals surface area contributed by atoms with Crippen LogP contribution in [0.15, 0.2) is 30.3 Å². The van der Waals surface area contributed by atoms with E-state index in [1.165, 1.54) is 0 Å². The second-order valence-electron chi connectivity index (χ2n) is 1.78. The predicted molar refractivity (Wildman–Crippen MR) is 65.7 cm³/mol. The van der Waals surface area contributed by atoms with Crippen LogP contribution in [0.25, 0.3) is 0 Å². The molecule has 0 atom stereocenters. The summed E-state index contributed by atoms with van der Waals surface area (Å²) >= 11 is 3.53. The maximum Gasteiger partial charge on any atom is 0.394 e. The van der Waals surface area contributed by atoms with Gasteiger partial charge in [0.05, 0.1) is 0 Å². The molecule has 1 rings (SSSR count). The first-order valence-electron chi connectivity index (χ1n) is 3.28. The fourth-order valence-electron chi connectivity index (χ4n) is 0.428. The van der Waals surface area contributed by atoms with Crippen LogP contribution < -0.4 is 0 Å². The van der Waals surface area contributed by atoms with Gasteiger partial charge in [0.15, 0.2) is 0 Å². The highest BCUT2D eigenvalue weighted by atomic mass is 32.3. The van der Waals surface area contributed by atoms with Crippen LogP contribution in [0.1, 0.15) is 0 Å². The summed E-state index contributed by atoms with van der Waals surface area (Å²) in [4.78, 5) is 0. The molecule has 0 aliphatic heterocycles. The van der Waals surface area contributed by atoms with Gasteiger partial charge < -0.3 is 5.11 Å². The van der Waals surface area contributed by atoms with Crippen LogP contribution in [0.5, 0.6) is 5.75 Å². The van der Waals surface area contributed by atoms with E-state index in [0.717, 1.165) is 0 Å². The van der Waals surface area contributed by atoms with Gasteiger partial charge in [0, 0.05) is 0 Å². The first-order valence-corrected chi connectivity index (χ1v) is 5.57. The molecule has 0 aliphatic rings. The normalized spacial score (nSPS) is 8.27. The van der Waals surface area contributed by atoms with Gasteiger partial charge in [-0.25, -0.2) is 0 Å². The third-order valence-electron chi connectivity index (χ3n) is 0.756. The standard InChI is InChI=1S/C6H6O.CH4S.Mg.H2O4S.2H/c7-6-4-2-1-3-5-6;1-2;;1-5(2,3)4;;/h1-5,7H;2H,1H3;;(H2,1,2,3,4);;. The Bertz CT molecular complexity index is 305. The molecule has 0 aliphatic carbocycles. The second kappa shape index (κ2) is 12.1. The van der Waals surface area contributed by atoms with Crippen LogP contribution in [0.3, 0.4) is 0 Å². The lowest BCUT2D eigenvalue weighted by Gasteiger charge is -1.82. The Hall–Kier alpha value is 0.00623. The lowest BCUT2D eigenvalue weighted by molar-refractivity contribution is 0.381. The molecule has 3 N–H and O–H groups in total. The highest BCUT2D eigenvalue weighted by Crippen LogP contribution is 2.02. The van der Waals surface area contributed by atoms with E-state index in [4.69, 9.17) is 22.6 Å². The zero-order valence-corrected chi connectivity index (χ0v) is 9.11. The third kappa shape index (κ3) is 31.5. The summed E-state index contributed by atoms with van der Waals surface area (Å²) in [6.07, 6.45) is 1.69. The van der Waals surface area contributed by atoms with Crippen molar-refractivity contribution in [3.8, 4) is 5.75 Å². The van der Waals surface area contributed by atoms with Crippen molar-refractivity contribution in [1.82, 2.24) is 0 Å². The molecule has 0 amide bonds. The van der Waals surface area contributed by atoms with E-state index in [1.807, 2.05) is 6.07 Å². The van der Waals surface area contributed by atoms with Gasteiger partial charge in [-0.1, -0.05) is 18.2 Å². The van der Waals surface area contributed by atoms with Crippen molar-refractivity contribution in [2.75, 3.05) is 6.26 Å². The predicted octanol–water partition coefficient (Wildman–Crippen LogP) is 0.369. The van der Waals surface area contributed by atoms with Crippen molar-refractivity contribution < 1.29 is 22.6 Å². The SMILES string of the molecule is CS.O=S(=O)(O)O.Oc1ccccc1.[MgH2]. The summed E-state index contributed by atoms with van der Waals surface area (Å²) in [5, 5.41) is 8.63. The summed E-state index contributed by atoms with van der Waals surface area (Å²) in [7, 11) is -4.67. The minimum absolute atomic E-state index is 0. The molecule has 15 heavy (non-hydrogen) atoms. The summed E-state index contributed by atoms with van der Waals surface area (Å²) in [6.45, 7) is 0. The lowest BCUT2D eigenvalue weighted by Crippen LogP contribution is -1.89. The molecular formula is C7H14MgO5S2. The molecule has 1 aromatic carbocycles. The zero-order chi connectivity index (χ0) is 11.6. The summed E-state index contributed by atoms with van der Waals surface area (Å²) in [5.41, 5.74) is 0. The molecule has 5 nitrogen and oxygen atoms in total. The van der Waals surface area contributed by atoms with E-state index in [1.54, 1.807) is 30.5 Å². The van der Waals surface area contributed by atoms with Gasteiger partial charge in [-0.3, -0.25) is 9.11 Å². The minimum atomic E-state index is -4.67. The van der Waals surface area contributed by atoms with Gasteiger partial charge in [0.2, 0.25) is 0 Å². The number of phenols is 1. The van der Waals surface area contributed by atoms with E-state index in [2.05, 4.69) is 12.6 Å².